The lowest BCUT2D eigenvalue weighted by Crippen LogP contribution is -2.16. The monoisotopic (exact) mass is 1050 g/mol. The van der Waals surface area contributed by atoms with E-state index >= 15 is 0 Å². The molecule has 316 valence electrons. The van der Waals surface area contributed by atoms with Gasteiger partial charge < -0.3 is 23.7 Å². The molecule has 0 aliphatic rings. The van der Waals surface area contributed by atoms with Crippen LogP contribution in [0.25, 0.3) is 0 Å². The van der Waals surface area contributed by atoms with Crippen molar-refractivity contribution in [1.29, 1.82) is 0 Å². The third-order valence-electron chi connectivity index (χ3n) is 7.48. The zero-order valence-corrected chi connectivity index (χ0v) is 38.1. The maximum atomic E-state index is 11.3. The highest BCUT2D eigenvalue weighted by atomic mass is 35.5. The van der Waals surface area contributed by atoms with Gasteiger partial charge in [-0.15, -0.1) is 0 Å². The molecule has 0 fully saturated rings. The fourth-order valence-electron chi connectivity index (χ4n) is 4.84. The highest BCUT2D eigenvalue weighted by Gasteiger charge is 2.29. The van der Waals surface area contributed by atoms with E-state index in [0.29, 0.717) is 0 Å². The Kier molecular flexibility index (Phi) is 19.4. The van der Waals surface area contributed by atoms with Crippen molar-refractivity contribution < 1.29 is 33.5 Å². The summed E-state index contributed by atoms with van der Waals surface area (Å²) >= 11 is 75.2. The van der Waals surface area contributed by atoms with E-state index in [2.05, 4.69) is 9.97 Å². The zero-order valence-electron chi connectivity index (χ0n) is 29.0. The summed E-state index contributed by atoms with van der Waals surface area (Å²) in [6.07, 6.45) is 2.53. The van der Waals surface area contributed by atoms with Gasteiger partial charge in [0.2, 0.25) is 11.8 Å². The van der Waals surface area contributed by atoms with Gasteiger partial charge in [-0.05, 0) is 12.2 Å². The number of halogens is 12. The summed E-state index contributed by atoms with van der Waals surface area (Å²) in [6.45, 7) is -0.260. The summed E-state index contributed by atoms with van der Waals surface area (Å²) in [6, 6.07) is 4.89. The van der Waals surface area contributed by atoms with Crippen LogP contribution in [0.4, 0.5) is 11.4 Å². The first-order valence-electron chi connectivity index (χ1n) is 16.0. The van der Waals surface area contributed by atoms with Crippen LogP contribution in [-0.2, 0) is 4.74 Å². The average molecular weight is 1060 g/mol. The molecule has 2 aromatic heterocycles. The van der Waals surface area contributed by atoms with Crippen molar-refractivity contribution >= 4 is 151 Å². The Hall–Kier alpha value is -2.34. The first-order valence-corrected chi connectivity index (χ1v) is 20.6. The van der Waals surface area contributed by atoms with E-state index in [-0.39, 0.29) is 134 Å². The van der Waals surface area contributed by atoms with Crippen LogP contribution >= 0.6 is 139 Å². The van der Waals surface area contributed by atoms with Crippen LogP contribution in [0.1, 0.15) is 36.2 Å². The van der Waals surface area contributed by atoms with Crippen molar-refractivity contribution in [1.82, 2.24) is 9.97 Å². The van der Waals surface area contributed by atoms with Crippen molar-refractivity contribution in [3.63, 3.8) is 0 Å². The van der Waals surface area contributed by atoms with Gasteiger partial charge in [-0.3, -0.25) is 20.2 Å². The molecule has 0 N–H and O–H groups in total. The zero-order chi connectivity index (χ0) is 43.6. The lowest BCUT2D eigenvalue weighted by molar-refractivity contribution is -0.385. The predicted molar refractivity (Wildman–Crippen MR) is 232 cm³/mol. The van der Waals surface area contributed by atoms with Gasteiger partial charge in [-0.25, -0.2) is 9.97 Å². The number of nitro groups is 2. The highest BCUT2D eigenvalue weighted by Crippen LogP contribution is 2.46. The molecule has 0 amide bonds. The maximum Gasteiger partial charge on any atom is 0.289 e. The molecule has 0 bridgehead atoms. The highest BCUT2D eigenvalue weighted by molar-refractivity contribution is 6.56. The molecule has 2 heterocycles. The molecule has 4 aromatic rings. The molecule has 2 aromatic carbocycles. The topological polar surface area (TPSA) is 158 Å². The van der Waals surface area contributed by atoms with Crippen LogP contribution < -0.4 is 18.9 Å². The average Bonchev–Trinajstić information content (AvgIpc) is 3.16. The van der Waals surface area contributed by atoms with E-state index in [0.717, 1.165) is 24.5 Å². The fraction of sp³-hybridized carbons (Fsp3) is 0.235. The molecule has 0 saturated heterocycles. The second-order valence-electron chi connectivity index (χ2n) is 11.3. The Labute approximate surface area is 395 Å². The van der Waals surface area contributed by atoms with Gasteiger partial charge in [-0.2, -0.15) is 0 Å². The molecular formula is C34H22Cl12N4O9. The van der Waals surface area contributed by atoms with Crippen LogP contribution in [-0.4, -0.2) is 46.2 Å². The molecule has 4 rings (SSSR count). The lowest BCUT2D eigenvalue weighted by Gasteiger charge is -2.24. The summed E-state index contributed by atoms with van der Waals surface area (Å²) in [7, 11) is 0. The van der Waals surface area contributed by atoms with E-state index in [9.17, 15) is 20.2 Å². The summed E-state index contributed by atoms with van der Waals surface area (Å²) in [5, 5.41) is 22.1. The molecule has 0 saturated carbocycles. The minimum atomic E-state index is -1.07. The first kappa shape index (κ1) is 49.3. The Morgan fingerprint density at radius 2 is 0.966 bits per heavy atom. The molecule has 0 aliphatic carbocycles. The smallest absolute Gasteiger partial charge is 0.289 e. The fourth-order valence-corrected chi connectivity index (χ4v) is 7.29. The van der Waals surface area contributed by atoms with E-state index in [1.165, 1.54) is 24.3 Å². The minimum Gasteiger partial charge on any atom is -0.488 e. The number of pyridine rings is 2. The molecule has 2 unspecified atom stereocenters. The van der Waals surface area contributed by atoms with Gasteiger partial charge >= 0.3 is 0 Å². The first-order chi connectivity index (χ1) is 27.9. The molecule has 2 atom stereocenters. The summed E-state index contributed by atoms with van der Waals surface area (Å²) in [5.41, 5.74) is -0.410. The molecule has 0 spiro atoms. The molecular weight excluding hydrogens is 1030 g/mol. The molecule has 25 heteroatoms. The largest absolute Gasteiger partial charge is 0.488 e. The van der Waals surface area contributed by atoms with Gasteiger partial charge in [-0.1, -0.05) is 139 Å². The molecule has 0 aliphatic heterocycles. The Morgan fingerprint density at radius 1 is 0.593 bits per heavy atom. The number of hydrogen-bond acceptors (Lipinski definition) is 11. The van der Waals surface area contributed by atoms with Crippen molar-refractivity contribution in [2.45, 2.75) is 25.0 Å². The summed E-state index contributed by atoms with van der Waals surface area (Å²) < 4.78 is 29.3. The Morgan fingerprint density at radius 3 is 1.29 bits per heavy atom. The van der Waals surface area contributed by atoms with Crippen LogP contribution in [0, 0.1) is 20.2 Å². The van der Waals surface area contributed by atoms with Crippen LogP contribution in [0.15, 0.2) is 57.8 Å². The summed E-state index contributed by atoms with van der Waals surface area (Å²) in [4.78, 5) is 29.2. The van der Waals surface area contributed by atoms with Gasteiger partial charge in [0.1, 0.15) is 78.4 Å². The Bertz CT molecular complexity index is 2110. The van der Waals surface area contributed by atoms with Gasteiger partial charge in [0.05, 0.1) is 43.2 Å². The third-order valence-corrected chi connectivity index (χ3v) is 11.0. The van der Waals surface area contributed by atoms with E-state index in [1.54, 1.807) is 0 Å². The third kappa shape index (κ3) is 13.8. The number of hydrogen-bond donors (Lipinski definition) is 0. The number of benzene rings is 2. The van der Waals surface area contributed by atoms with E-state index in [4.69, 9.17) is 163 Å². The number of rotatable bonds is 20. The SMILES string of the molecule is O=[N+]([O-])c1cnc(OC(CCOCCC(Oc2ncc([N+](=O)[O-])cc2Cl)c2c(Cl)cc(OCC=C(Cl)Cl)c(Cl)c2Cl)c2c(Cl)cc(OCC=C(Cl)Cl)c(Cl)c2Cl)c(Cl)c1. The van der Waals surface area contributed by atoms with Crippen LogP contribution in [0.2, 0.25) is 40.2 Å². The maximum absolute atomic E-state index is 11.3. The second kappa shape index (κ2) is 23.2. The minimum absolute atomic E-state index is 0.0109. The van der Waals surface area contributed by atoms with Gasteiger partial charge in [0.25, 0.3) is 11.4 Å². The van der Waals surface area contributed by atoms with Crippen LogP contribution in [0.5, 0.6) is 23.3 Å². The second-order valence-corrected chi connectivity index (χ2v) is 16.4. The molecule has 59 heavy (non-hydrogen) atoms. The van der Waals surface area contributed by atoms with Crippen LogP contribution in [0.3, 0.4) is 0 Å². The van der Waals surface area contributed by atoms with Gasteiger partial charge in [0, 0.05) is 48.2 Å². The van der Waals surface area contributed by atoms with Crippen molar-refractivity contribution in [3.05, 3.63) is 129 Å². The Balaban J connectivity index is 1.62. The molecule has 0 radical (unpaired) electrons. The van der Waals surface area contributed by atoms with E-state index < -0.39 is 22.1 Å². The number of aromatic nitrogens is 2. The normalized spacial score (nSPS) is 12.0. The van der Waals surface area contributed by atoms with Crippen molar-refractivity contribution in [2.24, 2.45) is 0 Å². The standard InChI is InChI=1S/C34H22Cl12N4O9/c35-17-11-23(56-7-3-25(39)40)29(43)31(45)27(17)21(58-33-19(37)9-15(13-47-33)49(51)52)1-5-55-6-2-22(59-34-20(38)10-16(14-48-34)50(53)54)28-18(36)12-24(30(44)32(28)46)57-8-4-26(41)42/h3-4,9-14,21-22H,1-2,5-8H2. The number of nitrogens with zero attached hydrogens (tertiary/aromatic N) is 4. The molecule has 13 nitrogen and oxygen atoms in total. The van der Waals surface area contributed by atoms with Crippen molar-refractivity contribution in [2.75, 3.05) is 26.4 Å². The summed E-state index contributed by atoms with van der Waals surface area (Å²) in [5.74, 6) is -0.187. The number of ether oxygens (including phenoxy) is 5. The van der Waals surface area contributed by atoms with Gasteiger partial charge in [0.15, 0.2) is 0 Å². The quantitative estimate of drug-likeness (QED) is 0.0359. The lowest BCUT2D eigenvalue weighted by atomic mass is 10.1. The van der Waals surface area contributed by atoms with Crippen molar-refractivity contribution in [3.8, 4) is 23.3 Å². The van der Waals surface area contributed by atoms with E-state index in [1.807, 2.05) is 0 Å². The predicted octanol–water partition coefficient (Wildman–Crippen LogP) is 14.7.